The van der Waals surface area contributed by atoms with Gasteiger partial charge in [-0.25, -0.2) is 0 Å². The number of halogens is 1. The third-order valence-corrected chi connectivity index (χ3v) is 2.05. The number of aryl methyl sites for hydroxylation is 1. The maximum atomic E-state index is 11.4. The van der Waals surface area contributed by atoms with Crippen LogP contribution in [0.15, 0.2) is 18.2 Å². The van der Waals surface area contributed by atoms with Gasteiger partial charge >= 0.3 is 0 Å². The minimum absolute atomic E-state index is 0.0274. The number of para-hydroxylation sites is 1. The second-order valence-electron chi connectivity index (χ2n) is 2.92. The number of phenols is 1. The van der Waals surface area contributed by atoms with Gasteiger partial charge in [-0.3, -0.25) is 4.79 Å². The molecule has 0 fully saturated rings. The predicted octanol–water partition coefficient (Wildman–Crippen LogP) is 1.67. The molecule has 0 aliphatic rings. The van der Waals surface area contributed by atoms with E-state index in [4.69, 9.17) is 11.6 Å². The van der Waals surface area contributed by atoms with E-state index in [0.717, 1.165) is 0 Å². The number of aromatic hydroxyl groups is 1. The fourth-order valence-electron chi connectivity index (χ4n) is 1.10. The number of amides is 1. The monoisotopic (exact) mass is 213 g/mol. The molecule has 0 saturated heterocycles. The van der Waals surface area contributed by atoms with Crippen LogP contribution in [0.25, 0.3) is 0 Å². The van der Waals surface area contributed by atoms with E-state index in [9.17, 15) is 9.90 Å². The highest BCUT2D eigenvalue weighted by Crippen LogP contribution is 2.20. The van der Waals surface area contributed by atoms with Crippen molar-refractivity contribution >= 4 is 17.5 Å². The quantitative estimate of drug-likeness (QED) is 0.751. The molecular formula is C10H12ClNO2. The molecule has 0 bridgehead atoms. The summed E-state index contributed by atoms with van der Waals surface area (Å²) in [5.74, 6) is 0.0876. The first-order valence-corrected chi connectivity index (χ1v) is 4.83. The van der Waals surface area contributed by atoms with Gasteiger partial charge in [0.2, 0.25) is 0 Å². The number of benzene rings is 1. The zero-order chi connectivity index (χ0) is 10.6. The molecule has 0 heterocycles. The van der Waals surface area contributed by atoms with Gasteiger partial charge in [0.05, 0.1) is 5.56 Å². The van der Waals surface area contributed by atoms with Crippen molar-refractivity contribution in [1.82, 2.24) is 5.32 Å². The van der Waals surface area contributed by atoms with Crippen LogP contribution < -0.4 is 5.32 Å². The van der Waals surface area contributed by atoms with Crippen LogP contribution >= 0.6 is 11.6 Å². The highest BCUT2D eigenvalue weighted by Gasteiger charge is 2.10. The van der Waals surface area contributed by atoms with Crippen LogP contribution in [0.5, 0.6) is 5.75 Å². The van der Waals surface area contributed by atoms with Crippen molar-refractivity contribution in [3.8, 4) is 5.75 Å². The zero-order valence-corrected chi connectivity index (χ0v) is 8.64. The molecule has 14 heavy (non-hydrogen) atoms. The van der Waals surface area contributed by atoms with Crippen LogP contribution in [0.2, 0.25) is 0 Å². The fourth-order valence-corrected chi connectivity index (χ4v) is 1.19. The molecule has 0 aromatic heterocycles. The van der Waals surface area contributed by atoms with Gasteiger partial charge in [0, 0.05) is 12.4 Å². The number of nitrogens with one attached hydrogen (secondary N) is 1. The fraction of sp³-hybridized carbons (Fsp3) is 0.300. The Kier molecular flexibility index (Phi) is 3.77. The summed E-state index contributed by atoms with van der Waals surface area (Å²) < 4.78 is 0. The molecule has 1 aromatic carbocycles. The first kappa shape index (κ1) is 10.9. The summed E-state index contributed by atoms with van der Waals surface area (Å²) in [6.45, 7) is 2.14. The maximum absolute atomic E-state index is 11.4. The molecule has 1 aromatic rings. The van der Waals surface area contributed by atoms with E-state index in [1.54, 1.807) is 25.1 Å². The SMILES string of the molecule is Cc1cccc(C(=O)NCCCl)c1O. The summed E-state index contributed by atoms with van der Waals surface area (Å²) in [6, 6.07) is 5.05. The first-order valence-electron chi connectivity index (χ1n) is 4.29. The molecule has 0 aliphatic heterocycles. The Balaban J connectivity index is 2.84. The van der Waals surface area contributed by atoms with Crippen molar-refractivity contribution in [3.05, 3.63) is 29.3 Å². The normalized spacial score (nSPS) is 9.86. The first-order chi connectivity index (χ1) is 6.66. The molecule has 0 atom stereocenters. The van der Waals surface area contributed by atoms with Crippen molar-refractivity contribution in [2.75, 3.05) is 12.4 Å². The Hall–Kier alpha value is -1.22. The van der Waals surface area contributed by atoms with Crippen molar-refractivity contribution in [2.24, 2.45) is 0 Å². The van der Waals surface area contributed by atoms with Crippen molar-refractivity contribution in [1.29, 1.82) is 0 Å². The largest absolute Gasteiger partial charge is 0.507 e. The number of hydrogen-bond acceptors (Lipinski definition) is 2. The van der Waals surface area contributed by atoms with Crippen molar-refractivity contribution in [2.45, 2.75) is 6.92 Å². The lowest BCUT2D eigenvalue weighted by Crippen LogP contribution is -2.25. The van der Waals surface area contributed by atoms with E-state index in [2.05, 4.69) is 5.32 Å². The molecule has 4 heteroatoms. The Morgan fingerprint density at radius 3 is 2.93 bits per heavy atom. The Morgan fingerprint density at radius 2 is 2.29 bits per heavy atom. The topological polar surface area (TPSA) is 49.3 Å². The molecule has 0 radical (unpaired) electrons. The van der Waals surface area contributed by atoms with E-state index < -0.39 is 0 Å². The van der Waals surface area contributed by atoms with Gasteiger partial charge in [-0.2, -0.15) is 0 Å². The van der Waals surface area contributed by atoms with Gasteiger partial charge in [0.25, 0.3) is 5.91 Å². The summed E-state index contributed by atoms with van der Waals surface area (Å²) in [6.07, 6.45) is 0. The lowest BCUT2D eigenvalue weighted by atomic mass is 10.1. The standard InChI is InChI=1S/C10H12ClNO2/c1-7-3-2-4-8(9(7)13)10(14)12-6-5-11/h2-4,13H,5-6H2,1H3,(H,12,14). The van der Waals surface area contributed by atoms with Crippen LogP contribution in [0.4, 0.5) is 0 Å². The zero-order valence-electron chi connectivity index (χ0n) is 7.88. The highest BCUT2D eigenvalue weighted by atomic mass is 35.5. The second kappa shape index (κ2) is 4.86. The number of hydrogen-bond donors (Lipinski definition) is 2. The minimum Gasteiger partial charge on any atom is -0.507 e. The summed E-state index contributed by atoms with van der Waals surface area (Å²) in [5, 5.41) is 12.2. The summed E-state index contributed by atoms with van der Waals surface area (Å²) >= 11 is 5.43. The van der Waals surface area contributed by atoms with E-state index in [0.29, 0.717) is 18.0 Å². The minimum atomic E-state index is -0.299. The summed E-state index contributed by atoms with van der Waals surface area (Å²) in [4.78, 5) is 11.4. The number of carbonyl (C=O) groups is 1. The number of phenolic OH excluding ortho intramolecular Hbond substituents is 1. The van der Waals surface area contributed by atoms with Crippen LogP contribution in [0.1, 0.15) is 15.9 Å². The number of alkyl halides is 1. The summed E-state index contributed by atoms with van der Waals surface area (Å²) in [5.41, 5.74) is 0.971. The van der Waals surface area contributed by atoms with Crippen LogP contribution in [0.3, 0.4) is 0 Å². The van der Waals surface area contributed by atoms with Gasteiger partial charge in [-0.1, -0.05) is 12.1 Å². The maximum Gasteiger partial charge on any atom is 0.255 e. The van der Waals surface area contributed by atoms with Crippen molar-refractivity contribution < 1.29 is 9.90 Å². The van der Waals surface area contributed by atoms with Crippen molar-refractivity contribution in [3.63, 3.8) is 0 Å². The molecule has 1 amide bonds. The average molecular weight is 214 g/mol. The summed E-state index contributed by atoms with van der Waals surface area (Å²) in [7, 11) is 0. The Labute approximate surface area is 87.7 Å². The van der Waals surface area contributed by atoms with Gasteiger partial charge in [-0.05, 0) is 18.6 Å². The van der Waals surface area contributed by atoms with Crippen LogP contribution in [-0.2, 0) is 0 Å². The highest BCUT2D eigenvalue weighted by molar-refractivity contribution is 6.18. The van der Waals surface area contributed by atoms with E-state index in [-0.39, 0.29) is 17.2 Å². The average Bonchev–Trinajstić information content (AvgIpc) is 2.18. The second-order valence-corrected chi connectivity index (χ2v) is 3.29. The molecule has 2 N–H and O–H groups in total. The van der Waals surface area contributed by atoms with E-state index >= 15 is 0 Å². The predicted molar refractivity (Wildman–Crippen MR) is 55.9 cm³/mol. The third kappa shape index (κ3) is 2.39. The van der Waals surface area contributed by atoms with Gasteiger partial charge in [-0.15, -0.1) is 11.6 Å². The van der Waals surface area contributed by atoms with E-state index in [1.807, 2.05) is 0 Å². The van der Waals surface area contributed by atoms with Gasteiger partial charge in [0.1, 0.15) is 5.75 Å². The van der Waals surface area contributed by atoms with Crippen LogP contribution in [-0.4, -0.2) is 23.4 Å². The number of carbonyl (C=O) groups excluding carboxylic acids is 1. The molecule has 3 nitrogen and oxygen atoms in total. The Morgan fingerprint density at radius 1 is 1.57 bits per heavy atom. The molecule has 76 valence electrons. The molecular weight excluding hydrogens is 202 g/mol. The smallest absolute Gasteiger partial charge is 0.255 e. The van der Waals surface area contributed by atoms with Crippen LogP contribution in [0, 0.1) is 6.92 Å². The van der Waals surface area contributed by atoms with Gasteiger partial charge < -0.3 is 10.4 Å². The third-order valence-electron chi connectivity index (χ3n) is 1.86. The molecule has 0 saturated carbocycles. The lowest BCUT2D eigenvalue weighted by molar-refractivity contribution is 0.0953. The molecule has 0 spiro atoms. The Bertz CT molecular complexity index is 339. The molecule has 0 unspecified atom stereocenters. The lowest BCUT2D eigenvalue weighted by Gasteiger charge is -2.06. The molecule has 0 aliphatic carbocycles. The van der Waals surface area contributed by atoms with E-state index in [1.165, 1.54) is 0 Å². The molecule has 1 rings (SSSR count). The number of rotatable bonds is 3. The van der Waals surface area contributed by atoms with Gasteiger partial charge in [0.15, 0.2) is 0 Å².